The Morgan fingerprint density at radius 3 is 2.45 bits per heavy atom. The van der Waals surface area contributed by atoms with E-state index in [1.165, 1.54) is 18.3 Å². The minimum Gasteiger partial charge on any atom is -0.444 e. The summed E-state index contributed by atoms with van der Waals surface area (Å²) in [6.07, 6.45) is 3.10. The highest BCUT2D eigenvalue weighted by Gasteiger charge is 2.24. The molecule has 11 nitrogen and oxygen atoms in total. The number of benzene rings is 1. The van der Waals surface area contributed by atoms with Crippen molar-refractivity contribution in [2.45, 2.75) is 64.6 Å². The van der Waals surface area contributed by atoms with Gasteiger partial charge in [0.25, 0.3) is 5.91 Å². The first kappa shape index (κ1) is 28.6. The molecule has 1 aliphatic rings. The fourth-order valence-corrected chi connectivity index (χ4v) is 3.66. The second kappa shape index (κ2) is 13.5. The van der Waals surface area contributed by atoms with Gasteiger partial charge in [0.1, 0.15) is 28.8 Å². The Kier molecular flexibility index (Phi) is 10.2. The Balaban J connectivity index is 1.68. The van der Waals surface area contributed by atoms with Crippen LogP contribution >= 0.6 is 0 Å². The summed E-state index contributed by atoms with van der Waals surface area (Å²) in [7, 11) is 0. The Morgan fingerprint density at radius 2 is 1.74 bits per heavy atom. The molecule has 3 rings (SSSR count). The van der Waals surface area contributed by atoms with Crippen LogP contribution in [0.5, 0.6) is 0 Å². The summed E-state index contributed by atoms with van der Waals surface area (Å²) in [4.78, 5) is 46.7. The van der Waals surface area contributed by atoms with Crippen molar-refractivity contribution in [2.24, 2.45) is 0 Å². The molecule has 1 aromatic carbocycles. The van der Waals surface area contributed by atoms with Crippen molar-refractivity contribution in [1.29, 1.82) is 0 Å². The number of rotatable bonds is 4. The van der Waals surface area contributed by atoms with Gasteiger partial charge in [-0.25, -0.2) is 14.2 Å². The third-order valence-corrected chi connectivity index (χ3v) is 5.56. The number of hydrogen-bond acceptors (Lipinski definition) is 8. The second-order valence-electron chi connectivity index (χ2n) is 9.96. The summed E-state index contributed by atoms with van der Waals surface area (Å²) >= 11 is 0. The lowest BCUT2D eigenvalue weighted by Gasteiger charge is -2.23. The van der Waals surface area contributed by atoms with Crippen molar-refractivity contribution in [3.8, 4) is 0 Å². The van der Waals surface area contributed by atoms with Crippen LogP contribution in [-0.4, -0.2) is 59.2 Å². The molecule has 12 heteroatoms. The molecule has 0 aliphatic carbocycles. The normalized spacial score (nSPS) is 16.9. The fourth-order valence-electron chi connectivity index (χ4n) is 3.66. The van der Waals surface area contributed by atoms with Crippen molar-refractivity contribution in [2.75, 3.05) is 30.3 Å². The molecule has 2 bridgehead atoms. The molecule has 0 unspecified atom stereocenters. The Morgan fingerprint density at radius 1 is 1.05 bits per heavy atom. The topological polar surface area (TPSA) is 146 Å². The third-order valence-electron chi connectivity index (χ3n) is 5.56. The van der Waals surface area contributed by atoms with Gasteiger partial charge in [0.05, 0.1) is 0 Å². The summed E-state index contributed by atoms with van der Waals surface area (Å²) < 4.78 is 18.5. The largest absolute Gasteiger partial charge is 0.444 e. The van der Waals surface area contributed by atoms with Crippen LogP contribution in [0.1, 0.15) is 62.4 Å². The zero-order valence-corrected chi connectivity index (χ0v) is 22.0. The Bertz CT molecular complexity index is 1110. The number of hydrogen-bond donors (Lipinski definition) is 5. The molecule has 0 fully saturated rings. The van der Waals surface area contributed by atoms with Crippen molar-refractivity contribution in [1.82, 2.24) is 25.9 Å². The average Bonchev–Trinajstić information content (AvgIpc) is 2.86. The molecule has 2 heterocycles. The van der Waals surface area contributed by atoms with Crippen LogP contribution in [0.2, 0.25) is 0 Å². The van der Waals surface area contributed by atoms with Gasteiger partial charge in [-0.3, -0.25) is 9.59 Å². The maximum absolute atomic E-state index is 13.2. The van der Waals surface area contributed by atoms with E-state index in [2.05, 4.69) is 36.6 Å². The molecule has 3 amide bonds. The van der Waals surface area contributed by atoms with Crippen molar-refractivity contribution in [3.05, 3.63) is 47.4 Å². The van der Waals surface area contributed by atoms with E-state index >= 15 is 0 Å². The van der Waals surface area contributed by atoms with Gasteiger partial charge in [0, 0.05) is 32.4 Å². The molecule has 206 valence electrons. The summed E-state index contributed by atoms with van der Waals surface area (Å²) in [5.74, 6) is -0.287. The minimum atomic E-state index is -0.769. The predicted octanol–water partition coefficient (Wildman–Crippen LogP) is 2.95. The van der Waals surface area contributed by atoms with E-state index < -0.39 is 17.7 Å². The van der Waals surface area contributed by atoms with Crippen molar-refractivity contribution < 1.29 is 23.5 Å². The molecule has 0 saturated carbocycles. The van der Waals surface area contributed by atoms with Crippen molar-refractivity contribution in [3.63, 3.8) is 0 Å². The molecule has 0 spiro atoms. The van der Waals surface area contributed by atoms with Crippen LogP contribution < -0.4 is 26.6 Å². The van der Waals surface area contributed by atoms with Crippen LogP contribution in [0.4, 0.5) is 21.0 Å². The Hall–Kier alpha value is -3.96. The predicted molar refractivity (Wildman–Crippen MR) is 141 cm³/mol. The SMILES string of the molecule is CC(C)(C)OC(=O)N[C@H]1CCCNc2nc(ncc2C(=O)NCc2ccc(F)cc2)NCCCCNC1=O. The number of carbonyl (C=O) groups excluding carboxylic acids is 3. The minimum absolute atomic E-state index is 0.214. The fraction of sp³-hybridized carbons (Fsp3) is 0.500. The summed E-state index contributed by atoms with van der Waals surface area (Å²) in [5, 5.41) is 14.6. The van der Waals surface area contributed by atoms with E-state index in [1.807, 2.05) is 0 Å². The first-order chi connectivity index (χ1) is 18.1. The lowest BCUT2D eigenvalue weighted by atomic mass is 10.1. The van der Waals surface area contributed by atoms with Crippen LogP contribution in [-0.2, 0) is 16.1 Å². The van der Waals surface area contributed by atoms with Gasteiger partial charge in [-0.1, -0.05) is 12.1 Å². The highest BCUT2D eigenvalue weighted by molar-refractivity contribution is 5.98. The van der Waals surface area contributed by atoms with Gasteiger partial charge >= 0.3 is 6.09 Å². The van der Waals surface area contributed by atoms with Crippen LogP contribution in [0, 0.1) is 5.82 Å². The standard InChI is InChI=1S/C26H36FN7O4/c1-26(2,3)38-25(37)33-20-7-6-14-28-21-19(22(35)31-15-17-8-10-18(27)11-9-17)16-32-24(34-21)30-13-5-4-12-29-23(20)36/h8-11,16,20H,4-7,12-15H2,1-3H3,(H,29,36)(H,31,35)(H,33,37)(H2,28,30,32,34)/t20-/m0/s1. The number of carbonyl (C=O) groups is 3. The monoisotopic (exact) mass is 529 g/mol. The van der Waals surface area contributed by atoms with E-state index in [0.29, 0.717) is 50.7 Å². The number of nitrogens with one attached hydrogen (secondary N) is 5. The molecule has 1 aliphatic heterocycles. The van der Waals surface area contributed by atoms with Gasteiger partial charge in [-0.15, -0.1) is 0 Å². The number of alkyl carbamates (subject to hydrolysis) is 1. The molecular weight excluding hydrogens is 493 g/mol. The number of aromatic nitrogens is 2. The number of anilines is 2. The lowest BCUT2D eigenvalue weighted by Crippen LogP contribution is -2.48. The molecular formula is C26H36FN7O4. The summed E-state index contributed by atoms with van der Waals surface area (Å²) in [6.45, 7) is 6.90. The van der Waals surface area contributed by atoms with Gasteiger partial charge < -0.3 is 31.3 Å². The quantitative estimate of drug-likeness (QED) is 0.406. The molecule has 38 heavy (non-hydrogen) atoms. The van der Waals surface area contributed by atoms with E-state index in [4.69, 9.17) is 4.74 Å². The van der Waals surface area contributed by atoms with Crippen molar-refractivity contribution >= 4 is 29.7 Å². The molecule has 0 radical (unpaired) electrons. The first-order valence-electron chi connectivity index (χ1n) is 12.8. The van der Waals surface area contributed by atoms with Gasteiger partial charge in [-0.2, -0.15) is 4.98 Å². The van der Waals surface area contributed by atoms with Gasteiger partial charge in [-0.05, 0) is 64.2 Å². The number of halogens is 1. The molecule has 1 atom stereocenters. The molecule has 1 aromatic heterocycles. The molecule has 0 saturated heterocycles. The lowest BCUT2D eigenvalue weighted by molar-refractivity contribution is -0.123. The highest BCUT2D eigenvalue weighted by atomic mass is 19.1. The van der Waals surface area contributed by atoms with E-state index in [9.17, 15) is 18.8 Å². The van der Waals surface area contributed by atoms with Gasteiger partial charge in [0.15, 0.2) is 0 Å². The smallest absolute Gasteiger partial charge is 0.408 e. The van der Waals surface area contributed by atoms with E-state index in [1.54, 1.807) is 32.9 Å². The molecule has 2 aromatic rings. The first-order valence-corrected chi connectivity index (χ1v) is 12.8. The maximum atomic E-state index is 13.2. The van der Waals surface area contributed by atoms with E-state index in [-0.39, 0.29) is 29.7 Å². The number of ether oxygens (including phenoxy) is 1. The van der Waals surface area contributed by atoms with Crippen LogP contribution in [0.3, 0.4) is 0 Å². The van der Waals surface area contributed by atoms with Crippen LogP contribution in [0.25, 0.3) is 0 Å². The van der Waals surface area contributed by atoms with Gasteiger partial charge in [0.2, 0.25) is 11.9 Å². The summed E-state index contributed by atoms with van der Waals surface area (Å²) in [5.41, 5.74) is 0.316. The maximum Gasteiger partial charge on any atom is 0.408 e. The average molecular weight is 530 g/mol. The molecule has 5 N–H and O–H groups in total. The van der Waals surface area contributed by atoms with Crippen LogP contribution in [0.15, 0.2) is 30.5 Å². The second-order valence-corrected chi connectivity index (χ2v) is 9.96. The third kappa shape index (κ3) is 9.49. The zero-order chi connectivity index (χ0) is 27.5. The summed E-state index contributed by atoms with van der Waals surface area (Å²) in [6, 6.07) is 5.10. The number of fused-ring (bicyclic) bond motifs is 2. The number of amides is 3. The highest BCUT2D eigenvalue weighted by Crippen LogP contribution is 2.16. The van der Waals surface area contributed by atoms with E-state index in [0.717, 1.165) is 12.0 Å². The Labute approximate surface area is 221 Å². The number of nitrogens with zero attached hydrogens (tertiary/aromatic N) is 2. The zero-order valence-electron chi connectivity index (χ0n) is 22.0.